The zero-order chi connectivity index (χ0) is 18.3. The predicted molar refractivity (Wildman–Crippen MR) is 98.2 cm³/mol. The molecule has 5 heteroatoms. The van der Waals surface area contributed by atoms with Crippen molar-refractivity contribution in [1.29, 1.82) is 0 Å². The Morgan fingerprint density at radius 3 is 2.69 bits per heavy atom. The number of furan rings is 1. The second-order valence-corrected chi connectivity index (χ2v) is 7.29. The smallest absolute Gasteiger partial charge is 0.232 e. The second-order valence-electron chi connectivity index (χ2n) is 7.29. The Hall–Kier alpha value is -2.53. The number of allylic oxidation sites excluding steroid dienone is 1. The van der Waals surface area contributed by atoms with Crippen LogP contribution in [0.1, 0.15) is 47.2 Å². The third kappa shape index (κ3) is 3.15. The first kappa shape index (κ1) is 16.9. The fourth-order valence-electron chi connectivity index (χ4n) is 3.55. The van der Waals surface area contributed by atoms with Gasteiger partial charge in [-0.05, 0) is 63.0 Å². The Kier molecular flexibility index (Phi) is 4.32. The van der Waals surface area contributed by atoms with Crippen molar-refractivity contribution in [3.63, 3.8) is 0 Å². The van der Waals surface area contributed by atoms with Gasteiger partial charge in [0.2, 0.25) is 5.78 Å². The summed E-state index contributed by atoms with van der Waals surface area (Å²) in [5.74, 6) is 2.79. The summed E-state index contributed by atoms with van der Waals surface area (Å²) in [5.41, 5.74) is 1.18. The summed E-state index contributed by atoms with van der Waals surface area (Å²) >= 11 is 0. The number of hydrogen-bond donors (Lipinski definition) is 1. The number of aromatic hydroxyl groups is 1. The van der Waals surface area contributed by atoms with Crippen molar-refractivity contribution in [3.8, 4) is 11.5 Å². The van der Waals surface area contributed by atoms with E-state index in [-0.39, 0.29) is 17.3 Å². The van der Waals surface area contributed by atoms with Crippen LogP contribution in [0.15, 0.2) is 34.4 Å². The molecule has 2 aromatic rings. The minimum Gasteiger partial charge on any atom is -0.507 e. The Morgan fingerprint density at radius 1 is 1.23 bits per heavy atom. The molecule has 3 heterocycles. The van der Waals surface area contributed by atoms with Crippen LogP contribution < -0.4 is 4.74 Å². The Morgan fingerprint density at radius 2 is 2.00 bits per heavy atom. The van der Waals surface area contributed by atoms with Crippen LogP contribution in [0.5, 0.6) is 11.5 Å². The van der Waals surface area contributed by atoms with Crippen LogP contribution in [0.3, 0.4) is 0 Å². The number of phenolic OH excluding ortho intramolecular Hbond substituents is 1. The molecule has 0 radical (unpaired) electrons. The number of aryl methyl sites for hydroxylation is 1. The van der Waals surface area contributed by atoms with Crippen LogP contribution in [-0.2, 0) is 6.54 Å². The molecule has 0 unspecified atom stereocenters. The summed E-state index contributed by atoms with van der Waals surface area (Å²) in [6, 6.07) is 6.85. The molecule has 136 valence electrons. The van der Waals surface area contributed by atoms with Crippen LogP contribution in [0.25, 0.3) is 6.08 Å². The minimum absolute atomic E-state index is 0.172. The lowest BCUT2D eigenvalue weighted by Gasteiger charge is -2.30. The van der Waals surface area contributed by atoms with E-state index in [2.05, 4.69) is 11.8 Å². The number of benzene rings is 1. The topological polar surface area (TPSA) is 62.9 Å². The van der Waals surface area contributed by atoms with Crippen molar-refractivity contribution in [1.82, 2.24) is 4.90 Å². The number of piperidine rings is 1. The monoisotopic (exact) mass is 353 g/mol. The summed E-state index contributed by atoms with van der Waals surface area (Å²) < 4.78 is 11.4. The molecule has 1 saturated heterocycles. The predicted octanol–water partition coefficient (Wildman–Crippen LogP) is 4.14. The summed E-state index contributed by atoms with van der Waals surface area (Å²) in [7, 11) is 0. The average Bonchev–Trinajstić information content (AvgIpc) is 3.16. The third-order valence-electron chi connectivity index (χ3n) is 5.21. The number of carbonyl (C=O) groups excluding carboxylic acids is 1. The maximum Gasteiger partial charge on any atom is 0.232 e. The van der Waals surface area contributed by atoms with E-state index in [4.69, 9.17) is 9.15 Å². The van der Waals surface area contributed by atoms with Gasteiger partial charge in [0.25, 0.3) is 0 Å². The lowest BCUT2D eigenvalue weighted by atomic mass is 9.98. The molecule has 1 fully saturated rings. The van der Waals surface area contributed by atoms with Gasteiger partial charge in [-0.15, -0.1) is 0 Å². The lowest BCUT2D eigenvalue weighted by Crippen LogP contribution is -2.32. The van der Waals surface area contributed by atoms with Crippen molar-refractivity contribution in [2.24, 2.45) is 5.92 Å². The average molecular weight is 353 g/mol. The summed E-state index contributed by atoms with van der Waals surface area (Å²) in [6.07, 6.45) is 3.91. The molecule has 4 rings (SSSR count). The van der Waals surface area contributed by atoms with Crippen molar-refractivity contribution in [3.05, 3.63) is 52.7 Å². The van der Waals surface area contributed by atoms with Gasteiger partial charge in [0.1, 0.15) is 23.0 Å². The van der Waals surface area contributed by atoms with Gasteiger partial charge in [-0.1, -0.05) is 6.92 Å². The van der Waals surface area contributed by atoms with Gasteiger partial charge in [0.15, 0.2) is 5.76 Å². The largest absolute Gasteiger partial charge is 0.507 e. The summed E-state index contributed by atoms with van der Waals surface area (Å²) in [6.45, 7) is 6.69. The number of nitrogens with zero attached hydrogens (tertiary/aromatic N) is 1. The molecule has 2 aliphatic heterocycles. The molecule has 2 aliphatic rings. The highest BCUT2D eigenvalue weighted by Crippen LogP contribution is 2.40. The van der Waals surface area contributed by atoms with Crippen LogP contribution in [0.4, 0.5) is 0 Å². The maximum absolute atomic E-state index is 12.7. The first-order chi connectivity index (χ1) is 12.5. The van der Waals surface area contributed by atoms with Gasteiger partial charge >= 0.3 is 0 Å². The molecule has 26 heavy (non-hydrogen) atoms. The number of carbonyl (C=O) groups is 1. The standard InChI is InChI=1S/C21H23NO4/c1-13-7-9-22(10-8-13)12-17-18(23)6-5-16-20(24)19(26-21(16)17)11-15-4-3-14(2)25-15/h3-6,11,13,23H,7-10,12H2,1-2H3. The van der Waals surface area contributed by atoms with Crippen LogP contribution >= 0.6 is 0 Å². The van der Waals surface area contributed by atoms with Crippen molar-refractivity contribution < 1.29 is 19.1 Å². The van der Waals surface area contributed by atoms with Gasteiger partial charge in [0, 0.05) is 12.6 Å². The van der Waals surface area contributed by atoms with Crippen LogP contribution in [0, 0.1) is 12.8 Å². The molecule has 1 N–H and O–H groups in total. The van der Waals surface area contributed by atoms with Crippen LogP contribution in [0.2, 0.25) is 0 Å². The molecular weight excluding hydrogens is 330 g/mol. The molecular formula is C21H23NO4. The normalized spacial score (nSPS) is 19.8. The Labute approximate surface area is 152 Å². The Balaban J connectivity index is 1.62. The van der Waals surface area contributed by atoms with E-state index < -0.39 is 0 Å². The van der Waals surface area contributed by atoms with E-state index >= 15 is 0 Å². The van der Waals surface area contributed by atoms with Crippen molar-refractivity contribution in [2.75, 3.05) is 13.1 Å². The molecule has 0 amide bonds. The molecule has 1 aromatic carbocycles. The minimum atomic E-state index is -0.178. The lowest BCUT2D eigenvalue weighted by molar-refractivity contribution is 0.101. The zero-order valence-corrected chi connectivity index (χ0v) is 15.1. The van der Waals surface area contributed by atoms with Gasteiger partial charge in [-0.2, -0.15) is 0 Å². The van der Waals surface area contributed by atoms with Gasteiger partial charge in [0.05, 0.1) is 11.1 Å². The number of likely N-dealkylation sites (tertiary alicyclic amines) is 1. The number of fused-ring (bicyclic) bond motifs is 1. The highest BCUT2D eigenvalue weighted by molar-refractivity contribution is 6.14. The Bertz CT molecular complexity index is 872. The molecule has 0 spiro atoms. The fraction of sp³-hybridized carbons (Fsp3) is 0.381. The highest BCUT2D eigenvalue weighted by Gasteiger charge is 2.32. The molecule has 0 aliphatic carbocycles. The number of rotatable bonds is 3. The second kappa shape index (κ2) is 6.65. The van der Waals surface area contributed by atoms with E-state index in [1.165, 1.54) is 0 Å². The molecule has 5 nitrogen and oxygen atoms in total. The zero-order valence-electron chi connectivity index (χ0n) is 15.1. The quantitative estimate of drug-likeness (QED) is 0.840. The van der Waals surface area contributed by atoms with E-state index in [1.807, 2.05) is 13.0 Å². The number of hydrogen-bond acceptors (Lipinski definition) is 5. The van der Waals surface area contributed by atoms with Crippen molar-refractivity contribution in [2.45, 2.75) is 33.2 Å². The van der Waals surface area contributed by atoms with Crippen molar-refractivity contribution >= 4 is 11.9 Å². The maximum atomic E-state index is 12.7. The third-order valence-corrected chi connectivity index (χ3v) is 5.21. The number of ketones is 1. The van der Waals surface area contributed by atoms with Gasteiger partial charge < -0.3 is 14.3 Å². The molecule has 1 aromatic heterocycles. The van der Waals surface area contributed by atoms with E-state index in [1.54, 1.807) is 24.3 Å². The highest BCUT2D eigenvalue weighted by atomic mass is 16.5. The van der Waals surface area contributed by atoms with E-state index in [9.17, 15) is 9.90 Å². The fourth-order valence-corrected chi connectivity index (χ4v) is 3.55. The molecule has 0 saturated carbocycles. The first-order valence-electron chi connectivity index (χ1n) is 9.09. The summed E-state index contributed by atoms with van der Waals surface area (Å²) in [5, 5.41) is 10.4. The number of phenols is 1. The van der Waals surface area contributed by atoms with Gasteiger partial charge in [-0.25, -0.2) is 0 Å². The molecule has 0 bridgehead atoms. The number of ether oxygens (including phenoxy) is 1. The first-order valence-corrected chi connectivity index (χ1v) is 9.09. The molecule has 0 atom stereocenters. The van der Waals surface area contributed by atoms with E-state index in [0.717, 1.165) is 37.6 Å². The number of Topliss-reactive ketones (excluding diaryl/α,β-unsaturated/α-hetero) is 1. The van der Waals surface area contributed by atoms with Crippen LogP contribution in [-0.4, -0.2) is 28.9 Å². The summed E-state index contributed by atoms with van der Waals surface area (Å²) in [4.78, 5) is 15.0. The SMILES string of the molecule is Cc1ccc(C=C2Oc3c(ccc(O)c3CN3CCC(C)CC3)C2=O)o1. The van der Waals surface area contributed by atoms with E-state index in [0.29, 0.717) is 29.2 Å². The van der Waals surface area contributed by atoms with Gasteiger partial charge in [-0.3, -0.25) is 9.69 Å².